The number of carbonyl (C=O) groups excluding carboxylic acids is 1. The molecule has 0 spiro atoms. The van der Waals surface area contributed by atoms with Crippen molar-refractivity contribution in [3.8, 4) is 17.1 Å². The lowest BCUT2D eigenvalue weighted by molar-refractivity contribution is 0.102. The minimum absolute atomic E-state index is 0.281. The average Bonchev–Trinajstić information content (AvgIpc) is 2.96. The maximum atomic E-state index is 12.7. The van der Waals surface area contributed by atoms with E-state index < -0.39 is 0 Å². The van der Waals surface area contributed by atoms with Crippen LogP contribution in [-0.2, 0) is 13.0 Å². The van der Waals surface area contributed by atoms with Crippen LogP contribution in [0.5, 0.6) is 5.75 Å². The standard InChI is InChI=1S/C21H21ClN4O2/c1-28-18-10-9-15(22)13-17(18)21(27)23-16-7-5-6-14(12-16)20-25-24-19-8-3-2-4-11-26(19)20/h5-7,9-10,12-13H,2-4,8,11H2,1H3,(H,23,27). The molecule has 28 heavy (non-hydrogen) atoms. The summed E-state index contributed by atoms with van der Waals surface area (Å²) in [5.41, 5.74) is 1.99. The Morgan fingerprint density at radius 2 is 2.04 bits per heavy atom. The van der Waals surface area contributed by atoms with Crippen molar-refractivity contribution < 1.29 is 9.53 Å². The molecule has 0 atom stereocenters. The number of hydrogen-bond donors (Lipinski definition) is 1. The summed E-state index contributed by atoms with van der Waals surface area (Å²) in [6, 6.07) is 12.6. The Bertz CT molecular complexity index is 1020. The molecule has 1 N–H and O–H groups in total. The fraction of sp³-hybridized carbons (Fsp3) is 0.286. The molecule has 6 nitrogen and oxygen atoms in total. The molecular formula is C21H21ClN4O2. The second-order valence-corrected chi connectivity index (χ2v) is 7.22. The van der Waals surface area contributed by atoms with Gasteiger partial charge in [0.15, 0.2) is 5.82 Å². The van der Waals surface area contributed by atoms with Gasteiger partial charge in [-0.1, -0.05) is 30.2 Å². The predicted octanol–water partition coefficient (Wildman–Crippen LogP) is 4.59. The van der Waals surface area contributed by atoms with Crippen LogP contribution in [0.25, 0.3) is 11.4 Å². The number of nitrogens with zero attached hydrogens (tertiary/aromatic N) is 3. The Morgan fingerprint density at radius 3 is 2.89 bits per heavy atom. The van der Waals surface area contributed by atoms with Crippen LogP contribution in [0.1, 0.15) is 35.4 Å². The summed E-state index contributed by atoms with van der Waals surface area (Å²) in [5, 5.41) is 12.1. The molecule has 0 bridgehead atoms. The molecule has 144 valence electrons. The summed E-state index contributed by atoms with van der Waals surface area (Å²) in [5.74, 6) is 2.07. The molecule has 0 saturated heterocycles. The van der Waals surface area contributed by atoms with Crippen molar-refractivity contribution in [1.29, 1.82) is 0 Å². The van der Waals surface area contributed by atoms with Crippen molar-refractivity contribution in [3.63, 3.8) is 0 Å². The lowest BCUT2D eigenvalue weighted by Gasteiger charge is -2.11. The van der Waals surface area contributed by atoms with Gasteiger partial charge in [0.05, 0.1) is 12.7 Å². The molecule has 0 saturated carbocycles. The predicted molar refractivity (Wildman–Crippen MR) is 109 cm³/mol. The van der Waals surface area contributed by atoms with Gasteiger partial charge in [-0.25, -0.2) is 0 Å². The van der Waals surface area contributed by atoms with Crippen LogP contribution in [0, 0.1) is 0 Å². The van der Waals surface area contributed by atoms with Gasteiger partial charge in [0, 0.05) is 29.2 Å². The molecule has 4 rings (SSSR count). The van der Waals surface area contributed by atoms with Crippen LogP contribution < -0.4 is 10.1 Å². The minimum Gasteiger partial charge on any atom is -0.496 e. The second-order valence-electron chi connectivity index (χ2n) is 6.78. The number of hydrogen-bond acceptors (Lipinski definition) is 4. The van der Waals surface area contributed by atoms with Gasteiger partial charge in [-0.05, 0) is 43.2 Å². The molecule has 2 aromatic carbocycles. The molecule has 0 radical (unpaired) electrons. The Labute approximate surface area is 168 Å². The van der Waals surface area contributed by atoms with E-state index in [0.717, 1.165) is 43.0 Å². The molecule has 7 heteroatoms. The molecule has 1 aromatic heterocycles. The second kappa shape index (κ2) is 8.02. The number of ether oxygens (including phenoxy) is 1. The average molecular weight is 397 g/mol. The number of carbonyl (C=O) groups is 1. The zero-order valence-electron chi connectivity index (χ0n) is 15.6. The van der Waals surface area contributed by atoms with E-state index in [9.17, 15) is 4.79 Å². The van der Waals surface area contributed by atoms with Gasteiger partial charge < -0.3 is 14.6 Å². The highest BCUT2D eigenvalue weighted by molar-refractivity contribution is 6.31. The third-order valence-electron chi connectivity index (χ3n) is 4.89. The van der Waals surface area contributed by atoms with Gasteiger partial charge in [0.1, 0.15) is 11.6 Å². The first-order valence-corrected chi connectivity index (χ1v) is 9.71. The van der Waals surface area contributed by atoms with Gasteiger partial charge in [0.2, 0.25) is 0 Å². The van der Waals surface area contributed by atoms with Crippen LogP contribution in [-0.4, -0.2) is 27.8 Å². The maximum Gasteiger partial charge on any atom is 0.259 e. The Kier molecular flexibility index (Phi) is 5.30. The molecule has 1 amide bonds. The maximum absolute atomic E-state index is 12.7. The van der Waals surface area contributed by atoms with E-state index in [1.54, 1.807) is 18.2 Å². The van der Waals surface area contributed by atoms with Gasteiger partial charge in [0.25, 0.3) is 5.91 Å². The number of aryl methyl sites for hydroxylation is 1. The number of benzene rings is 2. The fourth-order valence-electron chi connectivity index (χ4n) is 3.49. The monoisotopic (exact) mass is 396 g/mol. The Balaban J connectivity index is 1.61. The SMILES string of the molecule is COc1ccc(Cl)cc1C(=O)Nc1cccc(-c2nnc3n2CCCCC3)c1. The van der Waals surface area contributed by atoms with Crippen LogP contribution in [0.4, 0.5) is 5.69 Å². The number of amides is 1. The highest BCUT2D eigenvalue weighted by atomic mass is 35.5. The van der Waals surface area contributed by atoms with Crippen LogP contribution in [0.2, 0.25) is 5.02 Å². The van der Waals surface area contributed by atoms with Gasteiger partial charge >= 0.3 is 0 Å². The van der Waals surface area contributed by atoms with Crippen molar-refractivity contribution >= 4 is 23.2 Å². The molecule has 0 unspecified atom stereocenters. The van der Waals surface area contributed by atoms with Crippen LogP contribution >= 0.6 is 11.6 Å². The summed E-state index contributed by atoms with van der Waals surface area (Å²) in [6.45, 7) is 0.925. The number of halogens is 1. The first-order chi connectivity index (χ1) is 13.7. The Morgan fingerprint density at radius 1 is 1.14 bits per heavy atom. The van der Waals surface area contributed by atoms with Crippen molar-refractivity contribution in [2.24, 2.45) is 0 Å². The number of nitrogens with one attached hydrogen (secondary N) is 1. The molecule has 1 aliphatic heterocycles. The first kappa shape index (κ1) is 18.5. The van der Waals surface area contributed by atoms with Crippen molar-refractivity contribution in [2.45, 2.75) is 32.2 Å². The summed E-state index contributed by atoms with van der Waals surface area (Å²) >= 11 is 6.04. The normalized spacial score (nSPS) is 13.5. The number of aromatic nitrogens is 3. The molecule has 3 aromatic rings. The van der Waals surface area contributed by atoms with E-state index in [2.05, 4.69) is 20.1 Å². The lowest BCUT2D eigenvalue weighted by Crippen LogP contribution is -2.13. The van der Waals surface area contributed by atoms with E-state index >= 15 is 0 Å². The highest BCUT2D eigenvalue weighted by Crippen LogP contribution is 2.27. The van der Waals surface area contributed by atoms with Crippen LogP contribution in [0.3, 0.4) is 0 Å². The quantitative estimate of drug-likeness (QED) is 0.700. The summed E-state index contributed by atoms with van der Waals surface area (Å²) < 4.78 is 7.46. The van der Waals surface area contributed by atoms with Crippen molar-refractivity contribution in [2.75, 3.05) is 12.4 Å². The molecular weight excluding hydrogens is 376 g/mol. The molecule has 2 heterocycles. The van der Waals surface area contributed by atoms with Gasteiger partial charge in [-0.2, -0.15) is 0 Å². The molecule has 0 fully saturated rings. The third-order valence-corrected chi connectivity index (χ3v) is 5.13. The van der Waals surface area contributed by atoms with E-state index in [0.29, 0.717) is 22.0 Å². The summed E-state index contributed by atoms with van der Waals surface area (Å²) in [6.07, 6.45) is 4.44. The number of fused-ring (bicyclic) bond motifs is 1. The lowest BCUT2D eigenvalue weighted by atomic mass is 10.1. The van der Waals surface area contributed by atoms with E-state index in [4.69, 9.17) is 16.3 Å². The van der Waals surface area contributed by atoms with E-state index in [1.807, 2.05) is 24.3 Å². The van der Waals surface area contributed by atoms with Crippen molar-refractivity contribution in [3.05, 3.63) is 58.9 Å². The van der Waals surface area contributed by atoms with Crippen LogP contribution in [0.15, 0.2) is 42.5 Å². The van der Waals surface area contributed by atoms with Crippen molar-refractivity contribution in [1.82, 2.24) is 14.8 Å². The summed E-state index contributed by atoms with van der Waals surface area (Å²) in [4.78, 5) is 12.7. The number of rotatable bonds is 4. The molecule has 0 aliphatic carbocycles. The smallest absolute Gasteiger partial charge is 0.259 e. The summed E-state index contributed by atoms with van der Waals surface area (Å²) in [7, 11) is 1.53. The minimum atomic E-state index is -0.281. The Hall–Kier alpha value is -2.86. The van der Waals surface area contributed by atoms with E-state index in [1.165, 1.54) is 13.5 Å². The molecule has 1 aliphatic rings. The number of methoxy groups -OCH3 is 1. The highest BCUT2D eigenvalue weighted by Gasteiger charge is 2.17. The number of anilines is 1. The van der Waals surface area contributed by atoms with E-state index in [-0.39, 0.29) is 5.91 Å². The first-order valence-electron chi connectivity index (χ1n) is 9.33. The zero-order valence-corrected chi connectivity index (χ0v) is 16.4. The largest absolute Gasteiger partial charge is 0.496 e. The van der Waals surface area contributed by atoms with Gasteiger partial charge in [-0.3, -0.25) is 4.79 Å². The topological polar surface area (TPSA) is 69.0 Å². The van der Waals surface area contributed by atoms with Gasteiger partial charge in [-0.15, -0.1) is 10.2 Å². The third kappa shape index (κ3) is 3.73. The zero-order chi connectivity index (χ0) is 19.5. The fourth-order valence-corrected chi connectivity index (χ4v) is 3.66.